The second kappa shape index (κ2) is 6.69. The quantitative estimate of drug-likeness (QED) is 0.784. The third kappa shape index (κ3) is 3.22. The Hall–Kier alpha value is -1.92. The molecule has 0 amide bonds. The zero-order valence-corrected chi connectivity index (χ0v) is 13.3. The molecule has 2 rings (SSSR count). The average Bonchev–Trinajstić information content (AvgIpc) is 2.78. The van der Waals surface area contributed by atoms with Crippen LogP contribution in [0.5, 0.6) is 6.01 Å². The molecule has 112 valence electrons. The Balaban J connectivity index is 2.55. The summed E-state index contributed by atoms with van der Waals surface area (Å²) in [6.07, 6.45) is -0.618. The van der Waals surface area contributed by atoms with E-state index in [9.17, 15) is 9.18 Å². The normalized spacial score (nSPS) is 10.4. The van der Waals surface area contributed by atoms with Crippen molar-refractivity contribution in [1.82, 2.24) is 14.3 Å². The van der Waals surface area contributed by atoms with Crippen molar-refractivity contribution >= 4 is 21.7 Å². The first-order chi connectivity index (χ1) is 10.1. The summed E-state index contributed by atoms with van der Waals surface area (Å²) >= 11 is 2.76. The molecule has 2 aromatic rings. The fourth-order valence-electron chi connectivity index (χ4n) is 1.69. The molecule has 0 N–H and O–H groups in total. The van der Waals surface area contributed by atoms with Gasteiger partial charge in [-0.15, -0.1) is 0 Å². The van der Waals surface area contributed by atoms with Crippen molar-refractivity contribution in [3.05, 3.63) is 34.4 Å². The Kier molecular flexibility index (Phi) is 4.93. The number of hydrogen-bond donors (Lipinski definition) is 0. The fraction of sp³-hybridized carbons (Fsp3) is 0.308. The van der Waals surface area contributed by atoms with E-state index in [4.69, 9.17) is 9.47 Å². The molecule has 0 aliphatic carbocycles. The van der Waals surface area contributed by atoms with Crippen LogP contribution in [-0.2, 0) is 4.74 Å². The van der Waals surface area contributed by atoms with Gasteiger partial charge >= 0.3 is 128 Å². The van der Waals surface area contributed by atoms with Crippen LogP contribution in [0.3, 0.4) is 0 Å². The molecule has 0 aliphatic rings. The van der Waals surface area contributed by atoms with E-state index in [-0.39, 0.29) is 18.4 Å². The number of hydrogen-bond acceptors (Lipinski definition) is 4. The third-order valence-corrected chi connectivity index (χ3v) is 3.29. The number of aromatic nitrogens is 3. The van der Waals surface area contributed by atoms with Crippen LogP contribution in [0, 0.1) is 10.1 Å². The molecule has 1 heterocycles. The fourth-order valence-corrected chi connectivity index (χ4v) is 2.31. The number of ether oxygens (including phenoxy) is 2. The minimum absolute atomic E-state index is 0.214. The van der Waals surface area contributed by atoms with Gasteiger partial charge in [-0.05, 0) is 0 Å². The first-order valence-electron chi connectivity index (χ1n) is 6.36. The van der Waals surface area contributed by atoms with Gasteiger partial charge in [0.2, 0.25) is 0 Å². The minimum atomic E-state index is -0.618. The molecule has 0 saturated carbocycles. The summed E-state index contributed by atoms with van der Waals surface area (Å²) in [5, 5.41) is 4.07. The Morgan fingerprint density at radius 2 is 1.95 bits per heavy atom. The number of carbonyl (C=O) groups is 1. The monoisotopic (exact) mass is 359 g/mol. The number of benzene rings is 1. The van der Waals surface area contributed by atoms with Gasteiger partial charge < -0.3 is 0 Å². The molecule has 0 saturated heterocycles. The molecule has 0 radical (unpaired) electrons. The van der Waals surface area contributed by atoms with Crippen LogP contribution in [0.4, 0.5) is 9.18 Å². The van der Waals surface area contributed by atoms with Crippen LogP contribution in [-0.4, -0.2) is 49.2 Å². The van der Waals surface area contributed by atoms with Crippen LogP contribution in [0.1, 0.15) is 13.8 Å². The third-order valence-electron chi connectivity index (χ3n) is 2.55. The number of nitrogens with zero attached hydrogens (tertiary/aromatic N) is 3. The molecule has 8 heteroatoms. The van der Waals surface area contributed by atoms with Crippen LogP contribution in [0.2, 0.25) is 0 Å². The van der Waals surface area contributed by atoms with E-state index < -0.39 is 6.09 Å². The zero-order chi connectivity index (χ0) is 15.4. The summed E-state index contributed by atoms with van der Waals surface area (Å²) < 4.78 is 26.4. The molecule has 0 atom stereocenters. The topological polar surface area (TPSA) is 58.3 Å². The van der Waals surface area contributed by atoms with E-state index in [1.165, 1.54) is 12.1 Å². The van der Waals surface area contributed by atoms with E-state index in [0.29, 0.717) is 16.6 Å². The summed E-state index contributed by atoms with van der Waals surface area (Å²) in [6, 6.07) is 5.98. The summed E-state index contributed by atoms with van der Waals surface area (Å²) in [4.78, 5) is 11.9. The molecule has 6 nitrogen and oxygen atoms in total. The number of rotatable bonds is 4. The summed E-state index contributed by atoms with van der Waals surface area (Å²) in [5.41, 5.74) is 0.615. The molecule has 21 heavy (non-hydrogen) atoms. The maximum atomic E-state index is 13.0. The first-order valence-corrected chi connectivity index (χ1v) is 7.22. The van der Waals surface area contributed by atoms with Crippen molar-refractivity contribution in [1.29, 1.82) is 0 Å². The Bertz CT molecular complexity index is 694. The Morgan fingerprint density at radius 3 is 2.52 bits per heavy atom. The van der Waals surface area contributed by atoms with Gasteiger partial charge in [-0.1, -0.05) is 0 Å². The van der Waals surface area contributed by atoms with Crippen molar-refractivity contribution in [2.75, 3.05) is 13.2 Å². The van der Waals surface area contributed by atoms with Crippen LogP contribution in [0.15, 0.2) is 24.3 Å². The Morgan fingerprint density at radius 1 is 1.29 bits per heavy atom. The van der Waals surface area contributed by atoms with E-state index in [0.717, 1.165) is 4.68 Å². The first kappa shape index (κ1) is 15.5. The summed E-state index contributed by atoms with van der Waals surface area (Å²) in [5.74, 6) is -0.350. The SMILES string of the molecule is CCOC(=O)n1nc(OCC)n(-c2ccc(F)cc2)c1=[Se]. The molecular weight excluding hydrogens is 344 g/mol. The van der Waals surface area contributed by atoms with E-state index in [2.05, 4.69) is 20.7 Å². The molecule has 0 bridgehead atoms. The molecular formula is C13H14FN3O3Se. The van der Waals surface area contributed by atoms with Crippen molar-refractivity contribution < 1.29 is 18.7 Å². The number of halogens is 1. The van der Waals surface area contributed by atoms with Crippen LogP contribution >= 0.6 is 0 Å². The second-order valence-corrected chi connectivity index (χ2v) is 4.69. The van der Waals surface area contributed by atoms with Crippen LogP contribution < -0.4 is 4.74 Å². The van der Waals surface area contributed by atoms with Gasteiger partial charge in [0.15, 0.2) is 0 Å². The number of carbonyl (C=O) groups excluding carboxylic acids is 1. The zero-order valence-electron chi connectivity index (χ0n) is 11.6. The van der Waals surface area contributed by atoms with Gasteiger partial charge in [-0.25, -0.2) is 0 Å². The van der Waals surface area contributed by atoms with E-state index >= 15 is 0 Å². The maximum absolute atomic E-state index is 13.0. The Labute approximate surface area is 128 Å². The van der Waals surface area contributed by atoms with Crippen molar-refractivity contribution in [3.8, 4) is 11.7 Å². The van der Waals surface area contributed by atoms with Gasteiger partial charge in [0.25, 0.3) is 0 Å². The van der Waals surface area contributed by atoms with Gasteiger partial charge in [-0.3, -0.25) is 0 Å². The van der Waals surface area contributed by atoms with E-state index in [1.807, 2.05) is 0 Å². The van der Waals surface area contributed by atoms with Crippen molar-refractivity contribution in [2.45, 2.75) is 13.8 Å². The van der Waals surface area contributed by atoms with Gasteiger partial charge in [0.05, 0.1) is 0 Å². The molecule has 1 aromatic heterocycles. The van der Waals surface area contributed by atoms with E-state index in [1.54, 1.807) is 30.5 Å². The average molecular weight is 358 g/mol. The molecule has 0 aliphatic heterocycles. The van der Waals surface area contributed by atoms with Gasteiger partial charge in [0.1, 0.15) is 0 Å². The molecule has 1 aromatic carbocycles. The second-order valence-electron chi connectivity index (χ2n) is 3.92. The predicted octanol–water partition coefficient (Wildman–Crippen LogP) is 1.92. The van der Waals surface area contributed by atoms with Gasteiger partial charge in [-0.2, -0.15) is 0 Å². The predicted molar refractivity (Wildman–Crippen MR) is 74.1 cm³/mol. The standard InChI is InChI=1S/C13H14FN3O3Se/c1-3-19-11-15-17(13(18)20-4-2)12(21)16(11)10-7-5-9(14)6-8-10/h5-8H,3-4H2,1-2H3. The van der Waals surface area contributed by atoms with Crippen molar-refractivity contribution in [3.63, 3.8) is 0 Å². The molecule has 0 fully saturated rings. The molecule has 0 spiro atoms. The summed E-state index contributed by atoms with van der Waals surface area (Å²) in [6.45, 7) is 4.12. The van der Waals surface area contributed by atoms with Gasteiger partial charge in [0, 0.05) is 0 Å². The molecule has 0 unspecified atom stereocenters. The van der Waals surface area contributed by atoms with Crippen molar-refractivity contribution in [2.24, 2.45) is 0 Å². The summed E-state index contributed by atoms with van der Waals surface area (Å²) in [7, 11) is 0. The van der Waals surface area contributed by atoms with Crippen LogP contribution in [0.25, 0.3) is 5.69 Å².